The summed E-state index contributed by atoms with van der Waals surface area (Å²) in [7, 11) is 0. The molecule has 174 valence electrons. The van der Waals surface area contributed by atoms with Crippen molar-refractivity contribution in [3.8, 4) is 17.3 Å². The highest BCUT2D eigenvalue weighted by molar-refractivity contribution is 6.01. The summed E-state index contributed by atoms with van der Waals surface area (Å²) in [6.45, 7) is 3.04. The van der Waals surface area contributed by atoms with E-state index in [0.717, 1.165) is 18.4 Å². The summed E-state index contributed by atoms with van der Waals surface area (Å²) in [5, 5.41) is 21.6. The van der Waals surface area contributed by atoms with E-state index < -0.39 is 11.3 Å². The number of fused-ring (bicyclic) bond motifs is 1. The van der Waals surface area contributed by atoms with Gasteiger partial charge in [-0.3, -0.25) is 14.3 Å². The van der Waals surface area contributed by atoms with E-state index in [-0.39, 0.29) is 23.4 Å². The Morgan fingerprint density at radius 3 is 2.68 bits per heavy atom. The molecule has 0 aromatic carbocycles. The van der Waals surface area contributed by atoms with Crippen LogP contribution in [0.2, 0.25) is 0 Å². The molecule has 3 fully saturated rings. The Labute approximate surface area is 195 Å². The van der Waals surface area contributed by atoms with Gasteiger partial charge < -0.3 is 16.0 Å². The summed E-state index contributed by atoms with van der Waals surface area (Å²) in [6.07, 6.45) is 10.5. The largest absolute Gasteiger partial charge is 0.376 e. The van der Waals surface area contributed by atoms with Crippen molar-refractivity contribution in [2.75, 3.05) is 18.4 Å². The van der Waals surface area contributed by atoms with Crippen molar-refractivity contribution in [1.29, 1.82) is 5.26 Å². The number of nitrogens with two attached hydrogens (primary N) is 1. The third kappa shape index (κ3) is 3.29. The number of aromatic nitrogens is 5. The van der Waals surface area contributed by atoms with Crippen molar-refractivity contribution in [2.45, 2.75) is 44.7 Å². The van der Waals surface area contributed by atoms with E-state index in [9.17, 15) is 14.9 Å². The zero-order valence-electron chi connectivity index (χ0n) is 18.8. The van der Waals surface area contributed by atoms with Crippen molar-refractivity contribution < 1.29 is 9.59 Å². The molecule has 1 aliphatic heterocycles. The van der Waals surface area contributed by atoms with Crippen LogP contribution in [0.1, 0.15) is 49.0 Å². The molecule has 2 atom stereocenters. The van der Waals surface area contributed by atoms with Crippen LogP contribution in [0.25, 0.3) is 16.9 Å². The van der Waals surface area contributed by atoms with Crippen LogP contribution in [0.5, 0.6) is 0 Å². The number of anilines is 1. The molecule has 3 aromatic rings. The van der Waals surface area contributed by atoms with Crippen LogP contribution in [0.4, 0.5) is 5.69 Å². The summed E-state index contributed by atoms with van der Waals surface area (Å²) in [6, 6.07) is 2.53. The van der Waals surface area contributed by atoms with Gasteiger partial charge in [0.05, 0.1) is 47.6 Å². The maximum atomic E-state index is 12.9. The fraction of sp³-hybridized carbons (Fsp3) is 0.478. The Morgan fingerprint density at radius 2 is 2.00 bits per heavy atom. The maximum absolute atomic E-state index is 12.9. The minimum Gasteiger partial charge on any atom is -0.376 e. The average Bonchev–Trinajstić information content (AvgIpc) is 3.69. The SMILES string of the molecule is C[C@@H]1CN(C(=O)C2(C#N)CC2)C[C@H]1Nc1c(C(N)=O)cnn2cc(-c3cnn(C4CC4)c3)nc12. The lowest BCUT2D eigenvalue weighted by atomic mass is 10.1. The molecule has 0 radical (unpaired) electrons. The fourth-order valence-electron chi connectivity index (χ4n) is 4.72. The molecule has 0 spiro atoms. The summed E-state index contributed by atoms with van der Waals surface area (Å²) < 4.78 is 3.58. The Hall–Kier alpha value is -3.94. The molecule has 2 saturated carbocycles. The van der Waals surface area contributed by atoms with E-state index in [1.54, 1.807) is 21.8 Å². The second-order valence-electron chi connectivity index (χ2n) is 9.76. The molecule has 2 amide bonds. The first-order valence-electron chi connectivity index (χ1n) is 11.6. The zero-order chi connectivity index (χ0) is 23.6. The second kappa shape index (κ2) is 7.28. The van der Waals surface area contributed by atoms with E-state index in [4.69, 9.17) is 10.7 Å². The minimum atomic E-state index is -0.847. The van der Waals surface area contributed by atoms with Gasteiger partial charge in [0.2, 0.25) is 5.91 Å². The van der Waals surface area contributed by atoms with E-state index in [1.807, 2.05) is 17.8 Å². The smallest absolute Gasteiger partial charge is 0.252 e. The number of nitrogens with one attached hydrogen (secondary N) is 1. The van der Waals surface area contributed by atoms with Gasteiger partial charge in [0, 0.05) is 30.9 Å². The predicted molar refractivity (Wildman–Crippen MR) is 121 cm³/mol. The van der Waals surface area contributed by atoms with Crippen molar-refractivity contribution in [3.63, 3.8) is 0 Å². The number of hydrogen-bond acceptors (Lipinski definition) is 7. The molecule has 34 heavy (non-hydrogen) atoms. The Morgan fingerprint density at radius 1 is 1.21 bits per heavy atom. The lowest BCUT2D eigenvalue weighted by Crippen LogP contribution is -2.36. The van der Waals surface area contributed by atoms with Crippen LogP contribution in [-0.4, -0.2) is 60.2 Å². The third-order valence-electron chi connectivity index (χ3n) is 7.18. The standard InChI is InChI=1S/C23H25N9O2/c1-13-8-30(22(34)23(12-24)4-5-23)10-17(13)28-19-16(20(25)33)7-27-32-11-18(29-21(19)32)14-6-26-31(9-14)15-2-3-15/h6-7,9,11,13,15,17,28H,2-5,8,10H2,1H3,(H2,25,33)/t13-,17-/m1/s1. The van der Waals surface area contributed by atoms with Crippen LogP contribution in [-0.2, 0) is 4.79 Å². The van der Waals surface area contributed by atoms with Gasteiger partial charge in [0.1, 0.15) is 5.41 Å². The molecule has 1 saturated heterocycles. The number of likely N-dealkylation sites (tertiary alicyclic amines) is 1. The molecule has 3 N–H and O–H groups in total. The highest BCUT2D eigenvalue weighted by atomic mass is 16.2. The van der Waals surface area contributed by atoms with Crippen LogP contribution in [0.3, 0.4) is 0 Å². The molecule has 0 unspecified atom stereocenters. The topological polar surface area (TPSA) is 147 Å². The summed E-state index contributed by atoms with van der Waals surface area (Å²) in [5.41, 5.74) is 7.62. The van der Waals surface area contributed by atoms with E-state index >= 15 is 0 Å². The number of hydrogen-bond donors (Lipinski definition) is 2. The second-order valence-corrected chi connectivity index (χ2v) is 9.76. The number of imidazole rings is 1. The first kappa shape index (κ1) is 20.7. The van der Waals surface area contributed by atoms with Crippen LogP contribution in [0, 0.1) is 22.7 Å². The highest BCUT2D eigenvalue weighted by Crippen LogP contribution is 2.47. The molecule has 11 heteroatoms. The molecule has 6 rings (SSSR count). The lowest BCUT2D eigenvalue weighted by Gasteiger charge is -2.21. The molecule has 3 aliphatic rings. The molecule has 3 aromatic heterocycles. The average molecular weight is 460 g/mol. The number of nitrogens with zero attached hydrogens (tertiary/aromatic N) is 7. The zero-order valence-corrected chi connectivity index (χ0v) is 18.8. The Bertz CT molecular complexity index is 1360. The molecule has 4 heterocycles. The Balaban J connectivity index is 1.32. The molecule has 2 aliphatic carbocycles. The van der Waals surface area contributed by atoms with Gasteiger partial charge in [0.15, 0.2) is 5.65 Å². The van der Waals surface area contributed by atoms with E-state index in [0.29, 0.717) is 49.0 Å². The van der Waals surface area contributed by atoms with Gasteiger partial charge in [-0.1, -0.05) is 6.92 Å². The van der Waals surface area contributed by atoms with Crippen LogP contribution >= 0.6 is 0 Å². The molecule has 0 bridgehead atoms. The van der Waals surface area contributed by atoms with E-state index in [2.05, 4.69) is 21.6 Å². The number of rotatable bonds is 6. The number of nitriles is 1. The predicted octanol–water partition coefficient (Wildman–Crippen LogP) is 1.59. The van der Waals surface area contributed by atoms with Crippen LogP contribution in [0.15, 0.2) is 24.8 Å². The van der Waals surface area contributed by atoms with Crippen molar-refractivity contribution in [2.24, 2.45) is 17.1 Å². The third-order valence-corrected chi connectivity index (χ3v) is 7.18. The molecule has 11 nitrogen and oxygen atoms in total. The number of carbonyl (C=O) groups excluding carboxylic acids is 2. The number of primary amides is 1. The van der Waals surface area contributed by atoms with Gasteiger partial charge in [-0.25, -0.2) is 9.50 Å². The van der Waals surface area contributed by atoms with Gasteiger partial charge in [0.25, 0.3) is 5.91 Å². The van der Waals surface area contributed by atoms with Crippen molar-refractivity contribution in [1.82, 2.24) is 29.3 Å². The highest BCUT2D eigenvalue weighted by Gasteiger charge is 2.54. The maximum Gasteiger partial charge on any atom is 0.252 e. The van der Waals surface area contributed by atoms with Gasteiger partial charge in [-0.2, -0.15) is 15.5 Å². The fourth-order valence-corrected chi connectivity index (χ4v) is 4.72. The summed E-state index contributed by atoms with van der Waals surface area (Å²) in [4.78, 5) is 31.6. The van der Waals surface area contributed by atoms with Crippen LogP contribution < -0.4 is 11.1 Å². The normalized spacial score (nSPS) is 23.1. The van der Waals surface area contributed by atoms with Crippen molar-refractivity contribution >= 4 is 23.1 Å². The summed E-state index contributed by atoms with van der Waals surface area (Å²) in [5.74, 6) is -0.598. The number of amides is 2. The van der Waals surface area contributed by atoms with Gasteiger partial charge >= 0.3 is 0 Å². The quantitative estimate of drug-likeness (QED) is 0.569. The molecular weight excluding hydrogens is 434 g/mol. The monoisotopic (exact) mass is 459 g/mol. The van der Waals surface area contributed by atoms with Crippen molar-refractivity contribution in [3.05, 3.63) is 30.4 Å². The first-order chi connectivity index (χ1) is 16.4. The summed E-state index contributed by atoms with van der Waals surface area (Å²) >= 11 is 0. The number of carbonyl (C=O) groups is 2. The minimum absolute atomic E-state index is 0.100. The first-order valence-corrected chi connectivity index (χ1v) is 11.6. The van der Waals surface area contributed by atoms with Gasteiger partial charge in [-0.05, 0) is 31.6 Å². The lowest BCUT2D eigenvalue weighted by molar-refractivity contribution is -0.134. The Kier molecular flexibility index (Phi) is 4.42. The molecular formula is C23H25N9O2. The van der Waals surface area contributed by atoms with E-state index in [1.165, 1.54) is 6.20 Å². The van der Waals surface area contributed by atoms with Gasteiger partial charge in [-0.15, -0.1) is 0 Å².